The van der Waals surface area contributed by atoms with Crippen molar-refractivity contribution in [2.24, 2.45) is 0 Å². The first-order valence-electron chi connectivity index (χ1n) is 9.57. The van der Waals surface area contributed by atoms with E-state index in [1.165, 1.54) is 17.0 Å². The second-order valence-electron chi connectivity index (χ2n) is 7.06. The molecule has 2 aromatic rings. The topological polar surface area (TPSA) is 86.7 Å². The average molecular weight is 404 g/mol. The second kappa shape index (κ2) is 8.37. The van der Waals surface area contributed by atoms with E-state index in [-0.39, 0.29) is 29.2 Å². The van der Waals surface area contributed by atoms with E-state index in [0.717, 1.165) is 11.1 Å². The van der Waals surface area contributed by atoms with Gasteiger partial charge in [-0.25, -0.2) is 4.79 Å². The number of amides is 1. The maximum absolute atomic E-state index is 13.3. The smallest absolute Gasteiger partial charge is 0.340 e. The van der Waals surface area contributed by atoms with Crippen molar-refractivity contribution in [3.63, 3.8) is 0 Å². The fourth-order valence-corrected chi connectivity index (χ4v) is 3.34. The van der Waals surface area contributed by atoms with Crippen molar-refractivity contribution < 1.29 is 24.2 Å². The molecule has 1 heterocycles. The lowest BCUT2D eigenvalue weighted by Crippen LogP contribution is -2.24. The highest BCUT2D eigenvalue weighted by Gasteiger charge is 2.38. The number of aromatic carboxylic acids is 1. The minimum absolute atomic E-state index is 0.0315. The van der Waals surface area contributed by atoms with Crippen LogP contribution in [-0.4, -0.2) is 24.5 Å². The standard InChI is InChI=1S/C24H23NO5/c1-5-30-24(29)21-16(4)25(19-11-6-14(2)15(3)12-19)22(26)20(21)13-17-7-9-18(10-8-17)23(27)28/h6-13H,5H2,1-4H3,(H,27,28)/p-1/b20-13-. The van der Waals surface area contributed by atoms with Crippen molar-refractivity contribution >= 4 is 29.6 Å². The van der Waals surface area contributed by atoms with E-state index in [1.807, 2.05) is 32.0 Å². The van der Waals surface area contributed by atoms with Crippen molar-refractivity contribution in [3.8, 4) is 0 Å². The van der Waals surface area contributed by atoms with Crippen LogP contribution in [0.5, 0.6) is 0 Å². The SMILES string of the molecule is CCOC(=O)C1=C(C)N(c2ccc(C)c(C)c2)C(=O)/C1=C\c1ccc(C(=O)[O-])cc1. The third-order valence-electron chi connectivity index (χ3n) is 5.09. The van der Waals surface area contributed by atoms with Gasteiger partial charge in [-0.3, -0.25) is 9.69 Å². The molecular formula is C24H22NO5-. The normalized spacial score (nSPS) is 15.1. The van der Waals surface area contributed by atoms with E-state index < -0.39 is 11.9 Å². The molecule has 1 amide bonds. The third-order valence-corrected chi connectivity index (χ3v) is 5.09. The molecule has 154 valence electrons. The van der Waals surface area contributed by atoms with Crippen molar-refractivity contribution in [1.82, 2.24) is 0 Å². The number of hydrogen-bond donors (Lipinski definition) is 0. The van der Waals surface area contributed by atoms with Crippen LogP contribution >= 0.6 is 0 Å². The number of nitrogens with zero attached hydrogens (tertiary/aromatic N) is 1. The maximum atomic E-state index is 13.3. The molecule has 1 aliphatic rings. The Bertz CT molecular complexity index is 1090. The molecule has 0 atom stereocenters. The van der Waals surface area contributed by atoms with Gasteiger partial charge in [-0.1, -0.05) is 30.3 Å². The van der Waals surface area contributed by atoms with Gasteiger partial charge in [-0.15, -0.1) is 0 Å². The number of anilines is 1. The first-order valence-corrected chi connectivity index (χ1v) is 9.57. The molecule has 0 saturated heterocycles. The van der Waals surface area contributed by atoms with Crippen LogP contribution in [0.3, 0.4) is 0 Å². The molecule has 30 heavy (non-hydrogen) atoms. The zero-order valence-corrected chi connectivity index (χ0v) is 17.3. The first kappa shape index (κ1) is 21.0. The van der Waals surface area contributed by atoms with Gasteiger partial charge in [-0.2, -0.15) is 0 Å². The summed E-state index contributed by atoms with van der Waals surface area (Å²) >= 11 is 0. The molecule has 6 nitrogen and oxygen atoms in total. The number of aryl methyl sites for hydroxylation is 2. The van der Waals surface area contributed by atoms with Crippen LogP contribution in [0.4, 0.5) is 5.69 Å². The van der Waals surface area contributed by atoms with Gasteiger partial charge in [0, 0.05) is 11.4 Å². The van der Waals surface area contributed by atoms with Crippen LogP contribution in [0.2, 0.25) is 0 Å². The molecule has 0 radical (unpaired) electrons. The van der Waals surface area contributed by atoms with Crippen LogP contribution in [-0.2, 0) is 14.3 Å². The number of carboxylic acid groups (broad SMARTS) is 1. The molecule has 3 rings (SSSR count). The molecule has 1 aliphatic heterocycles. The van der Waals surface area contributed by atoms with Crippen molar-refractivity contribution in [2.75, 3.05) is 11.5 Å². The first-order chi connectivity index (χ1) is 14.2. The number of carboxylic acids is 1. The highest BCUT2D eigenvalue weighted by molar-refractivity contribution is 6.23. The number of hydrogen-bond acceptors (Lipinski definition) is 5. The van der Waals surface area contributed by atoms with Gasteiger partial charge in [0.25, 0.3) is 5.91 Å². The number of carbonyl (C=O) groups is 3. The van der Waals surface area contributed by atoms with Gasteiger partial charge in [0.1, 0.15) is 0 Å². The van der Waals surface area contributed by atoms with E-state index in [2.05, 4.69) is 0 Å². The number of benzene rings is 2. The van der Waals surface area contributed by atoms with E-state index in [9.17, 15) is 19.5 Å². The molecule has 0 N–H and O–H groups in total. The Morgan fingerprint density at radius 3 is 2.27 bits per heavy atom. The molecule has 0 spiro atoms. The lowest BCUT2D eigenvalue weighted by atomic mass is 10.0. The summed E-state index contributed by atoms with van der Waals surface area (Å²) in [5.41, 5.74) is 4.29. The van der Waals surface area contributed by atoms with Gasteiger partial charge in [0.2, 0.25) is 0 Å². The second-order valence-corrected chi connectivity index (χ2v) is 7.06. The Balaban J connectivity index is 2.11. The molecule has 0 aromatic heterocycles. The number of esters is 1. The summed E-state index contributed by atoms with van der Waals surface area (Å²) in [4.78, 5) is 38.4. The fourth-order valence-electron chi connectivity index (χ4n) is 3.34. The predicted molar refractivity (Wildman–Crippen MR) is 111 cm³/mol. The number of ether oxygens (including phenoxy) is 1. The van der Waals surface area contributed by atoms with Gasteiger partial charge in [0.15, 0.2) is 0 Å². The molecular weight excluding hydrogens is 382 g/mol. The number of carbonyl (C=O) groups excluding carboxylic acids is 3. The lowest BCUT2D eigenvalue weighted by molar-refractivity contribution is -0.255. The monoisotopic (exact) mass is 404 g/mol. The zero-order chi connectivity index (χ0) is 22.0. The Morgan fingerprint density at radius 2 is 1.70 bits per heavy atom. The molecule has 0 fully saturated rings. The minimum atomic E-state index is -1.28. The summed E-state index contributed by atoms with van der Waals surface area (Å²) < 4.78 is 5.19. The Morgan fingerprint density at radius 1 is 1.03 bits per heavy atom. The molecule has 6 heteroatoms. The van der Waals surface area contributed by atoms with Crippen molar-refractivity contribution in [1.29, 1.82) is 0 Å². The Kier molecular flexibility index (Phi) is 5.87. The largest absolute Gasteiger partial charge is 0.545 e. The van der Waals surface area contributed by atoms with Gasteiger partial charge in [0.05, 0.1) is 23.7 Å². The van der Waals surface area contributed by atoms with Crippen molar-refractivity contribution in [2.45, 2.75) is 27.7 Å². The molecule has 2 aromatic carbocycles. The summed E-state index contributed by atoms with van der Waals surface area (Å²) in [6, 6.07) is 11.6. The average Bonchev–Trinajstić information content (AvgIpc) is 2.94. The van der Waals surface area contributed by atoms with E-state index in [4.69, 9.17) is 4.74 Å². The van der Waals surface area contributed by atoms with Gasteiger partial charge >= 0.3 is 5.97 Å². The molecule has 0 unspecified atom stereocenters. The van der Waals surface area contributed by atoms with E-state index >= 15 is 0 Å². The van der Waals surface area contributed by atoms with Gasteiger partial charge < -0.3 is 14.6 Å². The van der Waals surface area contributed by atoms with Crippen LogP contribution in [0.1, 0.15) is 40.9 Å². The lowest BCUT2D eigenvalue weighted by Gasteiger charge is -2.19. The zero-order valence-electron chi connectivity index (χ0n) is 17.3. The van der Waals surface area contributed by atoms with Crippen molar-refractivity contribution in [3.05, 3.63) is 81.6 Å². The summed E-state index contributed by atoms with van der Waals surface area (Å²) in [6.45, 7) is 7.54. The van der Waals surface area contributed by atoms with E-state index in [0.29, 0.717) is 16.9 Å². The van der Waals surface area contributed by atoms with Crippen LogP contribution in [0.15, 0.2) is 59.3 Å². The highest BCUT2D eigenvalue weighted by atomic mass is 16.5. The van der Waals surface area contributed by atoms with Crippen LogP contribution in [0, 0.1) is 13.8 Å². The van der Waals surface area contributed by atoms with Gasteiger partial charge in [-0.05, 0) is 68.2 Å². The fraction of sp³-hybridized carbons (Fsp3) is 0.208. The maximum Gasteiger partial charge on any atom is 0.340 e. The highest BCUT2D eigenvalue weighted by Crippen LogP contribution is 2.36. The summed E-state index contributed by atoms with van der Waals surface area (Å²) in [7, 11) is 0. The Hall–Kier alpha value is -3.67. The minimum Gasteiger partial charge on any atom is -0.545 e. The van der Waals surface area contributed by atoms with Crippen LogP contribution in [0.25, 0.3) is 6.08 Å². The quantitative estimate of drug-likeness (QED) is 0.565. The predicted octanol–water partition coefficient (Wildman–Crippen LogP) is 2.93. The Labute approximate surface area is 175 Å². The third kappa shape index (κ3) is 3.89. The molecule has 0 bridgehead atoms. The summed E-state index contributed by atoms with van der Waals surface area (Å²) in [5.74, 6) is -2.20. The number of allylic oxidation sites excluding steroid dienone is 1. The molecule has 0 saturated carbocycles. The number of rotatable bonds is 5. The van der Waals surface area contributed by atoms with Crippen LogP contribution < -0.4 is 10.0 Å². The summed E-state index contributed by atoms with van der Waals surface area (Å²) in [5, 5.41) is 11.0. The molecule has 0 aliphatic carbocycles. The van der Waals surface area contributed by atoms with E-state index in [1.54, 1.807) is 32.1 Å². The summed E-state index contributed by atoms with van der Waals surface area (Å²) in [6.07, 6.45) is 1.57.